The number of fused-ring (bicyclic) bond motifs is 1. The zero-order valence-corrected chi connectivity index (χ0v) is 12.3. The van der Waals surface area contributed by atoms with Gasteiger partial charge < -0.3 is 10.3 Å². The van der Waals surface area contributed by atoms with Crippen molar-refractivity contribution in [2.75, 3.05) is 0 Å². The lowest BCUT2D eigenvalue weighted by atomic mass is 10.2. The average Bonchev–Trinajstić information content (AvgIpc) is 3.23. The quantitative estimate of drug-likeness (QED) is 0.626. The molecule has 24 heavy (non-hydrogen) atoms. The average molecular weight is 327 g/mol. The molecule has 0 saturated heterocycles. The maximum absolute atomic E-state index is 13.4. The predicted octanol–water partition coefficient (Wildman–Crippen LogP) is 2.79. The van der Waals surface area contributed by atoms with Crippen molar-refractivity contribution in [3.05, 3.63) is 59.9 Å². The second-order valence-corrected chi connectivity index (χ2v) is 5.18. The third kappa shape index (κ3) is 2.33. The molecule has 2 N–H and O–H groups in total. The highest BCUT2D eigenvalue weighted by Gasteiger charge is 2.16. The monoisotopic (exact) mass is 327 g/mol. The predicted molar refractivity (Wildman–Crippen MR) is 81.7 cm³/mol. The van der Waals surface area contributed by atoms with Crippen LogP contribution in [0.1, 0.15) is 5.56 Å². The number of halogens is 2. The van der Waals surface area contributed by atoms with Gasteiger partial charge in [0.25, 0.3) is 5.89 Å². The van der Waals surface area contributed by atoms with Crippen LogP contribution in [-0.2, 0) is 6.54 Å². The van der Waals surface area contributed by atoms with Crippen LogP contribution in [0.15, 0.2) is 47.2 Å². The van der Waals surface area contributed by atoms with Crippen LogP contribution in [0.5, 0.6) is 0 Å². The van der Waals surface area contributed by atoms with Crippen molar-refractivity contribution in [1.82, 2.24) is 19.8 Å². The molecule has 8 heteroatoms. The summed E-state index contributed by atoms with van der Waals surface area (Å²) < 4.78 is 33.3. The Hall–Kier alpha value is -3.13. The molecule has 0 aliphatic rings. The molecule has 3 aromatic heterocycles. The van der Waals surface area contributed by atoms with E-state index in [2.05, 4.69) is 15.2 Å². The van der Waals surface area contributed by atoms with Crippen molar-refractivity contribution < 1.29 is 13.3 Å². The highest BCUT2D eigenvalue weighted by molar-refractivity contribution is 5.76. The Bertz CT molecular complexity index is 1040. The molecular weight excluding hydrogens is 316 g/mol. The van der Waals surface area contributed by atoms with Crippen LogP contribution < -0.4 is 5.73 Å². The fourth-order valence-corrected chi connectivity index (χ4v) is 2.40. The van der Waals surface area contributed by atoms with Gasteiger partial charge in [-0.3, -0.25) is 0 Å². The van der Waals surface area contributed by atoms with Crippen LogP contribution in [0.4, 0.5) is 8.78 Å². The molecule has 0 amide bonds. The first-order chi connectivity index (χ1) is 11.7. The van der Waals surface area contributed by atoms with Gasteiger partial charge in [0.2, 0.25) is 5.82 Å². The number of hydrogen-bond donors (Lipinski definition) is 1. The third-order valence-corrected chi connectivity index (χ3v) is 3.66. The molecule has 0 saturated carbocycles. The van der Waals surface area contributed by atoms with Crippen molar-refractivity contribution >= 4 is 5.52 Å². The van der Waals surface area contributed by atoms with Gasteiger partial charge in [-0.15, -0.1) is 0 Å². The van der Waals surface area contributed by atoms with Crippen LogP contribution in [0.25, 0.3) is 28.4 Å². The van der Waals surface area contributed by atoms with Crippen molar-refractivity contribution in [1.29, 1.82) is 0 Å². The summed E-state index contributed by atoms with van der Waals surface area (Å²) in [5, 5.41) is 8.04. The zero-order chi connectivity index (χ0) is 16.7. The summed E-state index contributed by atoms with van der Waals surface area (Å²) in [5.41, 5.74) is 8.31. The van der Waals surface area contributed by atoms with E-state index in [-0.39, 0.29) is 11.7 Å². The van der Waals surface area contributed by atoms with E-state index in [9.17, 15) is 8.78 Å². The van der Waals surface area contributed by atoms with Gasteiger partial charge in [0.15, 0.2) is 11.6 Å². The largest absolute Gasteiger partial charge is 0.333 e. The van der Waals surface area contributed by atoms with E-state index in [0.29, 0.717) is 17.7 Å². The molecule has 6 nitrogen and oxygen atoms in total. The lowest BCUT2D eigenvalue weighted by Gasteiger charge is -1.98. The van der Waals surface area contributed by atoms with Crippen molar-refractivity contribution in [3.63, 3.8) is 0 Å². The standard InChI is InChI=1S/C16H11F2N5O/c17-12-2-1-10(6-13(12)18)15-21-16(24-22-15)11-8-20-23-4-3-9(7-19)5-14(11)23/h1-6,8H,7,19H2. The Labute approximate surface area is 134 Å². The molecule has 0 spiro atoms. The molecule has 0 unspecified atom stereocenters. The molecule has 0 atom stereocenters. The highest BCUT2D eigenvalue weighted by atomic mass is 19.2. The second kappa shape index (κ2) is 5.50. The maximum atomic E-state index is 13.4. The van der Waals surface area contributed by atoms with Gasteiger partial charge in [0.1, 0.15) is 0 Å². The number of hydrogen-bond acceptors (Lipinski definition) is 5. The summed E-state index contributed by atoms with van der Waals surface area (Å²) >= 11 is 0. The number of nitrogens with zero attached hydrogens (tertiary/aromatic N) is 4. The number of aromatic nitrogens is 4. The summed E-state index contributed by atoms with van der Waals surface area (Å²) in [6.07, 6.45) is 3.38. The molecular formula is C16H11F2N5O. The SMILES string of the molecule is NCc1ccn2ncc(-c3nc(-c4ccc(F)c(F)c4)no3)c2c1. The van der Waals surface area contributed by atoms with Crippen LogP contribution in [0, 0.1) is 11.6 Å². The third-order valence-electron chi connectivity index (χ3n) is 3.66. The fourth-order valence-electron chi connectivity index (χ4n) is 2.40. The Balaban J connectivity index is 1.78. The van der Waals surface area contributed by atoms with Crippen LogP contribution in [-0.4, -0.2) is 19.8 Å². The van der Waals surface area contributed by atoms with Crippen LogP contribution in [0.2, 0.25) is 0 Å². The van der Waals surface area contributed by atoms with Gasteiger partial charge >= 0.3 is 0 Å². The molecule has 0 bridgehead atoms. The maximum Gasteiger partial charge on any atom is 0.262 e. The molecule has 0 radical (unpaired) electrons. The Morgan fingerprint density at radius 1 is 1.12 bits per heavy atom. The summed E-state index contributed by atoms with van der Waals surface area (Å²) in [6.45, 7) is 0.394. The van der Waals surface area contributed by atoms with E-state index in [4.69, 9.17) is 10.3 Å². The Morgan fingerprint density at radius 2 is 2.00 bits per heavy atom. The minimum absolute atomic E-state index is 0.165. The van der Waals surface area contributed by atoms with Gasteiger partial charge in [-0.05, 0) is 35.9 Å². The topological polar surface area (TPSA) is 82.2 Å². The molecule has 120 valence electrons. The first-order valence-corrected chi connectivity index (χ1v) is 7.11. The van der Waals surface area contributed by atoms with E-state index < -0.39 is 11.6 Å². The zero-order valence-electron chi connectivity index (χ0n) is 12.3. The van der Waals surface area contributed by atoms with Gasteiger partial charge in [-0.25, -0.2) is 13.3 Å². The first kappa shape index (κ1) is 14.5. The van der Waals surface area contributed by atoms with E-state index >= 15 is 0 Å². The van der Waals surface area contributed by atoms with Crippen molar-refractivity contribution in [3.8, 4) is 22.8 Å². The van der Waals surface area contributed by atoms with E-state index in [1.807, 2.05) is 12.1 Å². The lowest BCUT2D eigenvalue weighted by Crippen LogP contribution is -1.97. The molecule has 0 fully saturated rings. The minimum Gasteiger partial charge on any atom is -0.333 e. The van der Waals surface area contributed by atoms with Crippen molar-refractivity contribution in [2.24, 2.45) is 5.73 Å². The molecule has 0 aliphatic carbocycles. The Kier molecular flexibility index (Phi) is 3.31. The number of rotatable bonds is 3. The summed E-state index contributed by atoms with van der Waals surface area (Å²) in [5.74, 6) is -1.50. The van der Waals surface area contributed by atoms with Gasteiger partial charge in [0, 0.05) is 18.3 Å². The first-order valence-electron chi connectivity index (χ1n) is 7.11. The molecule has 4 aromatic rings. The molecule has 4 rings (SSSR count). The molecule has 3 heterocycles. The van der Waals surface area contributed by atoms with E-state index in [1.165, 1.54) is 6.07 Å². The lowest BCUT2D eigenvalue weighted by molar-refractivity contribution is 0.432. The molecule has 0 aliphatic heterocycles. The van der Waals surface area contributed by atoms with E-state index in [0.717, 1.165) is 23.2 Å². The second-order valence-electron chi connectivity index (χ2n) is 5.18. The fraction of sp³-hybridized carbons (Fsp3) is 0.0625. The van der Waals surface area contributed by atoms with Crippen LogP contribution in [0.3, 0.4) is 0 Å². The molecule has 1 aromatic carbocycles. The Morgan fingerprint density at radius 3 is 2.79 bits per heavy atom. The van der Waals surface area contributed by atoms with Gasteiger partial charge in [-0.2, -0.15) is 10.1 Å². The van der Waals surface area contributed by atoms with Crippen molar-refractivity contribution in [2.45, 2.75) is 6.54 Å². The minimum atomic E-state index is -0.970. The van der Waals surface area contributed by atoms with Crippen LogP contribution >= 0.6 is 0 Å². The van der Waals surface area contributed by atoms with Gasteiger partial charge in [0.05, 0.1) is 17.3 Å². The van der Waals surface area contributed by atoms with Gasteiger partial charge in [-0.1, -0.05) is 5.16 Å². The summed E-state index contributed by atoms with van der Waals surface area (Å²) in [6, 6.07) is 7.17. The van der Waals surface area contributed by atoms with E-state index in [1.54, 1.807) is 16.9 Å². The summed E-state index contributed by atoms with van der Waals surface area (Å²) in [7, 11) is 0. The number of nitrogens with two attached hydrogens (primary N) is 1. The normalized spacial score (nSPS) is 11.3. The smallest absolute Gasteiger partial charge is 0.262 e. The summed E-state index contributed by atoms with van der Waals surface area (Å²) in [4.78, 5) is 4.25. The number of pyridine rings is 1. The highest BCUT2D eigenvalue weighted by Crippen LogP contribution is 2.26. The number of benzene rings is 1.